The summed E-state index contributed by atoms with van der Waals surface area (Å²) in [5.74, 6) is -0.588. The monoisotopic (exact) mass is 269 g/mol. The fourth-order valence-electron chi connectivity index (χ4n) is 2.58. The molecule has 1 N–H and O–H groups in total. The van der Waals surface area contributed by atoms with Gasteiger partial charge in [0.2, 0.25) is 5.91 Å². The lowest BCUT2D eigenvalue weighted by atomic mass is 9.85. The summed E-state index contributed by atoms with van der Waals surface area (Å²) in [7, 11) is 1.31. The van der Waals surface area contributed by atoms with Crippen LogP contribution in [0.2, 0.25) is 0 Å². The van der Waals surface area contributed by atoms with Gasteiger partial charge in [0.1, 0.15) is 11.8 Å². The van der Waals surface area contributed by atoms with E-state index in [0.29, 0.717) is 12.3 Å². The first-order chi connectivity index (χ1) is 9.02. The van der Waals surface area contributed by atoms with Gasteiger partial charge < -0.3 is 10.1 Å². The molecule has 1 aliphatic carbocycles. The van der Waals surface area contributed by atoms with Crippen LogP contribution >= 0.6 is 0 Å². The molecule has 5 heteroatoms. The zero-order valence-corrected chi connectivity index (χ0v) is 11.7. The molecule has 0 heterocycles. The maximum Gasteiger partial charge on any atom is 0.328 e. The second-order valence-electron chi connectivity index (χ2n) is 5.26. The molecule has 5 nitrogen and oxygen atoms in total. The first-order valence-electron chi connectivity index (χ1n) is 6.89. The Hall–Kier alpha value is -1.39. The predicted molar refractivity (Wildman–Crippen MR) is 70.4 cm³/mol. The van der Waals surface area contributed by atoms with E-state index in [1.807, 2.05) is 0 Å². The Labute approximate surface area is 114 Å². The van der Waals surface area contributed by atoms with Gasteiger partial charge in [-0.3, -0.25) is 9.59 Å². The van der Waals surface area contributed by atoms with Crippen molar-refractivity contribution < 1.29 is 19.1 Å². The highest BCUT2D eigenvalue weighted by Crippen LogP contribution is 2.27. The van der Waals surface area contributed by atoms with Gasteiger partial charge in [-0.15, -0.1) is 0 Å². The number of carbonyl (C=O) groups is 3. The van der Waals surface area contributed by atoms with Crippen molar-refractivity contribution >= 4 is 17.7 Å². The van der Waals surface area contributed by atoms with Crippen molar-refractivity contribution in [2.45, 2.75) is 57.9 Å². The lowest BCUT2D eigenvalue weighted by Crippen LogP contribution is -2.43. The van der Waals surface area contributed by atoms with Crippen LogP contribution in [-0.2, 0) is 19.1 Å². The van der Waals surface area contributed by atoms with E-state index >= 15 is 0 Å². The van der Waals surface area contributed by atoms with E-state index in [4.69, 9.17) is 4.74 Å². The van der Waals surface area contributed by atoms with Crippen molar-refractivity contribution in [3.05, 3.63) is 0 Å². The standard InChI is InChI=1S/C14H23NO4/c1-10(16)8-13(17)15-12(14(18)19-2)9-11-6-4-3-5-7-11/h11-12H,3-9H2,1-2H3,(H,15,17). The molecular formula is C14H23NO4. The Bertz CT molecular complexity index is 334. The average Bonchev–Trinajstić information content (AvgIpc) is 2.37. The number of Topliss-reactive ketones (excluding diaryl/α,β-unsaturated/α-hetero) is 1. The van der Waals surface area contributed by atoms with E-state index in [0.717, 1.165) is 12.8 Å². The summed E-state index contributed by atoms with van der Waals surface area (Å²) in [6.45, 7) is 1.36. The van der Waals surface area contributed by atoms with E-state index in [-0.39, 0.29) is 12.2 Å². The van der Waals surface area contributed by atoms with Crippen LogP contribution in [-0.4, -0.2) is 30.8 Å². The summed E-state index contributed by atoms with van der Waals surface area (Å²) in [5.41, 5.74) is 0. The van der Waals surface area contributed by atoms with Crippen LogP contribution in [0.3, 0.4) is 0 Å². The summed E-state index contributed by atoms with van der Waals surface area (Å²) in [6.07, 6.45) is 6.22. The molecule has 1 unspecified atom stereocenters. The van der Waals surface area contributed by atoms with Crippen molar-refractivity contribution in [1.29, 1.82) is 0 Å². The average molecular weight is 269 g/mol. The molecule has 1 aliphatic rings. The number of carbonyl (C=O) groups excluding carboxylic acids is 3. The number of esters is 1. The minimum Gasteiger partial charge on any atom is -0.467 e. The lowest BCUT2D eigenvalue weighted by Gasteiger charge is -2.25. The quantitative estimate of drug-likeness (QED) is 0.587. The van der Waals surface area contributed by atoms with Crippen LogP contribution in [0.15, 0.2) is 0 Å². The lowest BCUT2D eigenvalue weighted by molar-refractivity contribution is -0.146. The van der Waals surface area contributed by atoms with Gasteiger partial charge in [0, 0.05) is 0 Å². The molecule has 1 amide bonds. The maximum atomic E-state index is 11.7. The van der Waals surface area contributed by atoms with E-state index < -0.39 is 17.9 Å². The zero-order chi connectivity index (χ0) is 14.3. The molecule has 0 aromatic rings. The number of methoxy groups -OCH3 is 1. The predicted octanol–water partition coefficient (Wildman–Crippen LogP) is 1.59. The van der Waals surface area contributed by atoms with Gasteiger partial charge in [0.15, 0.2) is 0 Å². The number of hydrogen-bond donors (Lipinski definition) is 1. The fraction of sp³-hybridized carbons (Fsp3) is 0.786. The van der Waals surface area contributed by atoms with Crippen LogP contribution < -0.4 is 5.32 Å². The molecule has 1 rings (SSSR count). The topological polar surface area (TPSA) is 72.5 Å². The minimum absolute atomic E-state index is 0.182. The van der Waals surface area contributed by atoms with Crippen LogP contribution in [0.4, 0.5) is 0 Å². The highest BCUT2D eigenvalue weighted by atomic mass is 16.5. The van der Waals surface area contributed by atoms with E-state index in [2.05, 4.69) is 5.32 Å². The van der Waals surface area contributed by atoms with Gasteiger partial charge in [0.25, 0.3) is 0 Å². The fourth-order valence-corrected chi connectivity index (χ4v) is 2.58. The minimum atomic E-state index is -0.625. The Morgan fingerprint density at radius 2 is 1.84 bits per heavy atom. The van der Waals surface area contributed by atoms with Crippen LogP contribution in [0.25, 0.3) is 0 Å². The van der Waals surface area contributed by atoms with Crippen LogP contribution in [0.1, 0.15) is 51.9 Å². The van der Waals surface area contributed by atoms with E-state index in [1.54, 1.807) is 0 Å². The van der Waals surface area contributed by atoms with Crippen molar-refractivity contribution in [2.24, 2.45) is 5.92 Å². The summed E-state index contributed by atoms with van der Waals surface area (Å²) in [4.78, 5) is 34.2. The Kier molecular flexibility index (Phi) is 6.53. The molecule has 0 spiro atoms. The first-order valence-corrected chi connectivity index (χ1v) is 6.89. The maximum absolute atomic E-state index is 11.7. The third-order valence-corrected chi connectivity index (χ3v) is 3.52. The van der Waals surface area contributed by atoms with Crippen LogP contribution in [0.5, 0.6) is 0 Å². The summed E-state index contributed by atoms with van der Waals surface area (Å²) >= 11 is 0. The molecule has 0 aliphatic heterocycles. The van der Waals surface area contributed by atoms with Crippen molar-refractivity contribution in [2.75, 3.05) is 7.11 Å². The second-order valence-corrected chi connectivity index (χ2v) is 5.26. The molecule has 0 radical (unpaired) electrons. The van der Waals surface area contributed by atoms with Crippen molar-refractivity contribution in [1.82, 2.24) is 5.32 Å². The van der Waals surface area contributed by atoms with Gasteiger partial charge >= 0.3 is 5.97 Å². The van der Waals surface area contributed by atoms with E-state index in [9.17, 15) is 14.4 Å². The molecule has 19 heavy (non-hydrogen) atoms. The molecule has 0 aromatic carbocycles. The second kappa shape index (κ2) is 7.92. The number of hydrogen-bond acceptors (Lipinski definition) is 4. The molecule has 0 bridgehead atoms. The SMILES string of the molecule is COC(=O)C(CC1CCCCC1)NC(=O)CC(C)=O. The van der Waals surface area contributed by atoms with Crippen molar-refractivity contribution in [3.8, 4) is 0 Å². The number of nitrogens with one attached hydrogen (secondary N) is 1. The Balaban J connectivity index is 2.53. The van der Waals surface area contributed by atoms with Gasteiger partial charge in [0.05, 0.1) is 13.5 Å². The highest BCUT2D eigenvalue weighted by molar-refractivity contribution is 5.98. The molecule has 1 atom stereocenters. The molecule has 1 saturated carbocycles. The van der Waals surface area contributed by atoms with Crippen molar-refractivity contribution in [3.63, 3.8) is 0 Å². The molecule has 1 fully saturated rings. The molecular weight excluding hydrogens is 246 g/mol. The normalized spacial score (nSPS) is 17.6. The van der Waals surface area contributed by atoms with Gasteiger partial charge in [-0.2, -0.15) is 0 Å². The summed E-state index contributed by atoms with van der Waals surface area (Å²) in [5, 5.41) is 2.61. The Morgan fingerprint density at radius 1 is 1.21 bits per heavy atom. The largest absolute Gasteiger partial charge is 0.467 e. The number of rotatable bonds is 6. The van der Waals surface area contributed by atoms with Gasteiger partial charge in [-0.25, -0.2) is 4.79 Å². The number of amides is 1. The number of ether oxygens (including phenoxy) is 1. The van der Waals surface area contributed by atoms with Gasteiger partial charge in [-0.05, 0) is 19.3 Å². The molecule has 108 valence electrons. The highest BCUT2D eigenvalue weighted by Gasteiger charge is 2.26. The molecule has 0 saturated heterocycles. The summed E-state index contributed by atoms with van der Waals surface area (Å²) in [6, 6.07) is -0.625. The van der Waals surface area contributed by atoms with Gasteiger partial charge in [-0.1, -0.05) is 32.1 Å². The van der Waals surface area contributed by atoms with E-state index in [1.165, 1.54) is 33.3 Å². The molecule has 0 aromatic heterocycles. The first kappa shape index (κ1) is 15.7. The third-order valence-electron chi connectivity index (χ3n) is 3.52. The Morgan fingerprint density at radius 3 is 2.37 bits per heavy atom. The summed E-state index contributed by atoms with van der Waals surface area (Å²) < 4.78 is 4.72. The van der Waals surface area contributed by atoms with Crippen LogP contribution in [0, 0.1) is 5.92 Å². The zero-order valence-electron chi connectivity index (χ0n) is 11.7. The number of ketones is 1. The smallest absolute Gasteiger partial charge is 0.328 e. The third kappa shape index (κ3) is 5.85.